The highest BCUT2D eigenvalue weighted by atomic mass is 19.2. The molecule has 1 aliphatic rings. The number of hydrogen-bond acceptors (Lipinski definition) is 0. The van der Waals surface area contributed by atoms with Crippen molar-refractivity contribution < 1.29 is 26.3 Å². The first kappa shape index (κ1) is 10.1. The van der Waals surface area contributed by atoms with E-state index in [1.165, 1.54) is 0 Å². The molecule has 0 bridgehead atoms. The Hall–Kier alpha value is -1.46. The molecule has 80 valence electrons. The average molecular weight is 224 g/mol. The van der Waals surface area contributed by atoms with Gasteiger partial charge in [-0.25, -0.2) is 26.3 Å². The second-order valence-electron chi connectivity index (χ2n) is 2.98. The summed E-state index contributed by atoms with van der Waals surface area (Å²) < 4.78 is 76.7. The Labute approximate surface area is 79.8 Å². The van der Waals surface area contributed by atoms with Crippen molar-refractivity contribution in [3.05, 3.63) is 40.2 Å². The third-order valence-corrected chi connectivity index (χ3v) is 2.12. The number of hydrogen-bond donors (Lipinski definition) is 0. The largest absolute Gasteiger partial charge is 0.234 e. The van der Waals surface area contributed by atoms with Crippen LogP contribution in [-0.4, -0.2) is 0 Å². The lowest BCUT2D eigenvalue weighted by Gasteiger charge is -2.07. The van der Waals surface area contributed by atoms with Gasteiger partial charge in [0, 0.05) is 11.1 Å². The highest BCUT2D eigenvalue weighted by Gasteiger charge is 2.35. The fraction of sp³-hybridized carbons (Fsp3) is 0.111. The van der Waals surface area contributed by atoms with Gasteiger partial charge in [-0.1, -0.05) is 0 Å². The topological polar surface area (TPSA) is 0 Å². The van der Waals surface area contributed by atoms with Gasteiger partial charge in [0.05, 0.1) is 0 Å². The van der Waals surface area contributed by atoms with Gasteiger partial charge in [-0.2, -0.15) is 0 Å². The van der Waals surface area contributed by atoms with Gasteiger partial charge in [0.2, 0.25) is 0 Å². The van der Waals surface area contributed by atoms with E-state index in [-0.39, 0.29) is 0 Å². The minimum absolute atomic E-state index is 0.306. The maximum Gasteiger partial charge on any atom is 0.198 e. The van der Waals surface area contributed by atoms with Gasteiger partial charge in [-0.3, -0.25) is 0 Å². The highest BCUT2D eigenvalue weighted by Crippen LogP contribution is 2.42. The standard InChI is InChI=1S/C9H2F6/c10-3-1-2-4(6(3)12)7(13)9(15)8(14)5(2)11/h1,6H. The third kappa shape index (κ3) is 1.17. The van der Waals surface area contributed by atoms with Crippen LogP contribution in [0.4, 0.5) is 26.3 Å². The predicted octanol–water partition coefficient (Wildman–Crippen LogP) is 3.58. The molecule has 15 heavy (non-hydrogen) atoms. The van der Waals surface area contributed by atoms with Gasteiger partial charge in [0.25, 0.3) is 0 Å². The molecule has 0 heterocycles. The van der Waals surface area contributed by atoms with Crippen molar-refractivity contribution in [2.75, 3.05) is 0 Å². The normalized spacial score (nSPS) is 19.1. The van der Waals surface area contributed by atoms with Gasteiger partial charge < -0.3 is 0 Å². The molecule has 0 fully saturated rings. The van der Waals surface area contributed by atoms with Crippen LogP contribution < -0.4 is 0 Å². The van der Waals surface area contributed by atoms with Crippen LogP contribution in [-0.2, 0) is 0 Å². The SMILES string of the molecule is FC1=Cc2c(F)c(F)c(F)c(F)c2C1F. The molecule has 1 unspecified atom stereocenters. The molecule has 0 aliphatic heterocycles. The van der Waals surface area contributed by atoms with Crippen molar-refractivity contribution in [2.24, 2.45) is 0 Å². The molecule has 0 nitrogen and oxygen atoms in total. The zero-order valence-electron chi connectivity index (χ0n) is 6.92. The molecule has 6 heteroatoms. The summed E-state index contributed by atoms with van der Waals surface area (Å²) >= 11 is 0. The molecule has 1 atom stereocenters. The van der Waals surface area contributed by atoms with Crippen LogP contribution >= 0.6 is 0 Å². The molecule has 0 saturated heterocycles. The summed E-state index contributed by atoms with van der Waals surface area (Å²) in [5.41, 5.74) is -2.06. The zero-order chi connectivity index (χ0) is 11.3. The van der Waals surface area contributed by atoms with E-state index in [4.69, 9.17) is 0 Å². The molecule has 0 N–H and O–H groups in total. The Bertz CT molecular complexity index is 476. The molecular formula is C9H2F6. The third-order valence-electron chi connectivity index (χ3n) is 2.12. The van der Waals surface area contributed by atoms with Crippen molar-refractivity contribution in [3.8, 4) is 0 Å². The lowest BCUT2D eigenvalue weighted by Crippen LogP contribution is -2.04. The lowest BCUT2D eigenvalue weighted by atomic mass is 10.1. The van der Waals surface area contributed by atoms with E-state index in [9.17, 15) is 26.3 Å². The van der Waals surface area contributed by atoms with Crippen LogP contribution in [0.2, 0.25) is 0 Å². The van der Waals surface area contributed by atoms with E-state index in [1.807, 2.05) is 0 Å². The fourth-order valence-corrected chi connectivity index (χ4v) is 1.40. The molecule has 0 amide bonds. The Kier molecular flexibility index (Phi) is 2.02. The second kappa shape index (κ2) is 3.01. The van der Waals surface area contributed by atoms with Gasteiger partial charge in [-0.05, 0) is 6.08 Å². The molecule has 1 aromatic rings. The molecule has 0 aromatic heterocycles. The number of allylic oxidation sites excluding steroid dienone is 1. The van der Waals surface area contributed by atoms with Crippen molar-refractivity contribution >= 4 is 6.08 Å². The summed E-state index contributed by atoms with van der Waals surface area (Å²) in [5.74, 6) is -9.39. The van der Waals surface area contributed by atoms with Crippen LogP contribution in [0.1, 0.15) is 17.3 Å². The van der Waals surface area contributed by atoms with Gasteiger partial charge in [0.15, 0.2) is 29.4 Å². The number of fused-ring (bicyclic) bond motifs is 1. The monoisotopic (exact) mass is 224 g/mol. The van der Waals surface area contributed by atoms with Crippen molar-refractivity contribution in [2.45, 2.75) is 6.17 Å². The summed E-state index contributed by atoms with van der Waals surface area (Å²) in [5, 5.41) is 0. The first-order valence-corrected chi connectivity index (χ1v) is 3.82. The van der Waals surface area contributed by atoms with E-state index in [0.717, 1.165) is 0 Å². The Morgan fingerprint density at radius 3 is 1.93 bits per heavy atom. The van der Waals surface area contributed by atoms with Crippen molar-refractivity contribution in [3.63, 3.8) is 0 Å². The smallest absolute Gasteiger partial charge is 0.198 e. The van der Waals surface area contributed by atoms with Crippen LogP contribution in [0.15, 0.2) is 5.83 Å². The number of halogens is 6. The first-order chi connectivity index (χ1) is 6.95. The minimum Gasteiger partial charge on any atom is -0.234 e. The molecule has 0 spiro atoms. The Balaban J connectivity index is 2.82. The number of rotatable bonds is 0. The maximum atomic E-state index is 12.9. The van der Waals surface area contributed by atoms with E-state index >= 15 is 0 Å². The Morgan fingerprint density at radius 1 is 0.800 bits per heavy atom. The van der Waals surface area contributed by atoms with E-state index in [1.54, 1.807) is 0 Å². The molecule has 1 aromatic carbocycles. The van der Waals surface area contributed by atoms with E-state index in [2.05, 4.69) is 0 Å². The average Bonchev–Trinajstić information content (AvgIpc) is 2.50. The van der Waals surface area contributed by atoms with Gasteiger partial charge in [-0.15, -0.1) is 0 Å². The van der Waals surface area contributed by atoms with Crippen LogP contribution in [0.3, 0.4) is 0 Å². The Morgan fingerprint density at radius 2 is 1.33 bits per heavy atom. The first-order valence-electron chi connectivity index (χ1n) is 3.82. The maximum absolute atomic E-state index is 12.9. The van der Waals surface area contributed by atoms with Gasteiger partial charge in [0.1, 0.15) is 5.83 Å². The summed E-state index contributed by atoms with van der Waals surface area (Å²) in [6.45, 7) is 0. The zero-order valence-corrected chi connectivity index (χ0v) is 6.92. The molecule has 1 aliphatic carbocycles. The summed E-state index contributed by atoms with van der Waals surface area (Å²) in [7, 11) is 0. The summed E-state index contributed by atoms with van der Waals surface area (Å²) in [6.07, 6.45) is -2.27. The van der Waals surface area contributed by atoms with E-state index in [0.29, 0.717) is 6.08 Å². The predicted molar refractivity (Wildman–Crippen MR) is 39.2 cm³/mol. The molecule has 0 radical (unpaired) electrons. The lowest BCUT2D eigenvalue weighted by molar-refractivity contribution is 0.323. The van der Waals surface area contributed by atoms with E-state index < -0.39 is 46.4 Å². The quantitative estimate of drug-likeness (QED) is 0.359. The van der Waals surface area contributed by atoms with Crippen molar-refractivity contribution in [1.29, 1.82) is 0 Å². The molecular weight excluding hydrogens is 222 g/mol. The highest BCUT2D eigenvalue weighted by molar-refractivity contribution is 5.65. The number of benzene rings is 1. The summed E-state index contributed by atoms with van der Waals surface area (Å²) in [4.78, 5) is 0. The van der Waals surface area contributed by atoms with Gasteiger partial charge >= 0.3 is 0 Å². The second-order valence-corrected chi connectivity index (χ2v) is 2.98. The van der Waals surface area contributed by atoms with Crippen LogP contribution in [0.5, 0.6) is 0 Å². The van der Waals surface area contributed by atoms with Crippen LogP contribution in [0, 0.1) is 23.3 Å². The summed E-state index contributed by atoms with van der Waals surface area (Å²) in [6, 6.07) is 0. The van der Waals surface area contributed by atoms with Crippen LogP contribution in [0.25, 0.3) is 6.08 Å². The number of alkyl halides is 1. The minimum atomic E-state index is -2.58. The van der Waals surface area contributed by atoms with Crippen molar-refractivity contribution in [1.82, 2.24) is 0 Å². The fourth-order valence-electron chi connectivity index (χ4n) is 1.40. The molecule has 2 rings (SSSR count). The molecule has 0 saturated carbocycles.